The number of hydrogen-bond donors (Lipinski definition) is 1. The number of benzene rings is 1. The van der Waals surface area contributed by atoms with E-state index in [4.69, 9.17) is 17.3 Å². The maximum absolute atomic E-state index is 6.12. The molecule has 2 N–H and O–H groups in total. The van der Waals surface area contributed by atoms with Gasteiger partial charge in [-0.15, -0.1) is 0 Å². The van der Waals surface area contributed by atoms with Gasteiger partial charge in [-0.2, -0.15) is 0 Å². The minimum Gasteiger partial charge on any atom is -0.330 e. The fraction of sp³-hybridized carbons (Fsp3) is 0.500. The second-order valence-corrected chi connectivity index (χ2v) is 5.56. The fourth-order valence-corrected chi connectivity index (χ4v) is 2.82. The van der Waals surface area contributed by atoms with Crippen molar-refractivity contribution in [1.29, 1.82) is 0 Å². The summed E-state index contributed by atoms with van der Waals surface area (Å²) in [6, 6.07) is 6.29. The molecule has 0 aromatic heterocycles. The van der Waals surface area contributed by atoms with E-state index in [-0.39, 0.29) is 0 Å². The molecule has 3 heteroatoms. The molecule has 0 radical (unpaired) electrons. The van der Waals surface area contributed by atoms with Gasteiger partial charge >= 0.3 is 0 Å². The van der Waals surface area contributed by atoms with Crippen LogP contribution in [0.5, 0.6) is 0 Å². The zero-order chi connectivity index (χ0) is 10.9. The highest BCUT2D eigenvalue weighted by Crippen LogP contribution is 2.47. The molecule has 0 atom stereocenters. The van der Waals surface area contributed by atoms with E-state index >= 15 is 0 Å². The standard InChI is InChI=1S/C12H15BrClN/c13-10-3-2-9(8-11(10)14)12(6-7-15)4-1-5-12/h2-3,8H,1,4-7,15H2. The predicted octanol–water partition coefficient (Wildman–Crippen LogP) is 3.87. The summed E-state index contributed by atoms with van der Waals surface area (Å²) in [6.07, 6.45) is 4.89. The third-order valence-electron chi connectivity index (χ3n) is 3.47. The summed E-state index contributed by atoms with van der Waals surface area (Å²) in [5.74, 6) is 0. The van der Waals surface area contributed by atoms with Crippen LogP contribution in [0.15, 0.2) is 22.7 Å². The van der Waals surface area contributed by atoms with Crippen molar-refractivity contribution in [3.05, 3.63) is 33.3 Å². The van der Waals surface area contributed by atoms with E-state index in [1.165, 1.54) is 24.8 Å². The molecular weight excluding hydrogens is 273 g/mol. The number of rotatable bonds is 3. The van der Waals surface area contributed by atoms with Crippen molar-refractivity contribution in [2.75, 3.05) is 6.54 Å². The molecule has 0 amide bonds. The summed E-state index contributed by atoms with van der Waals surface area (Å²) in [5.41, 5.74) is 7.36. The van der Waals surface area contributed by atoms with Gasteiger partial charge in [0.15, 0.2) is 0 Å². The van der Waals surface area contributed by atoms with Crippen LogP contribution in [0.25, 0.3) is 0 Å². The van der Waals surface area contributed by atoms with Crippen molar-refractivity contribution in [2.45, 2.75) is 31.1 Å². The quantitative estimate of drug-likeness (QED) is 0.897. The maximum Gasteiger partial charge on any atom is 0.0551 e. The lowest BCUT2D eigenvalue weighted by Gasteiger charge is -2.42. The van der Waals surface area contributed by atoms with Gasteiger partial charge in [-0.1, -0.05) is 24.1 Å². The topological polar surface area (TPSA) is 26.0 Å². The Kier molecular flexibility index (Phi) is 3.39. The van der Waals surface area contributed by atoms with E-state index in [1.807, 2.05) is 6.07 Å². The van der Waals surface area contributed by atoms with Gasteiger partial charge in [-0.25, -0.2) is 0 Å². The van der Waals surface area contributed by atoms with Gasteiger partial charge in [-0.3, -0.25) is 0 Å². The predicted molar refractivity (Wildman–Crippen MR) is 68.4 cm³/mol. The fourth-order valence-electron chi connectivity index (χ4n) is 2.39. The molecule has 1 aromatic carbocycles. The lowest BCUT2D eigenvalue weighted by molar-refractivity contribution is 0.229. The van der Waals surface area contributed by atoms with Crippen LogP contribution in [0.3, 0.4) is 0 Å². The Bertz CT molecular complexity index is 361. The SMILES string of the molecule is NCCC1(c2ccc(Br)c(Cl)c2)CCC1. The molecule has 1 saturated carbocycles. The molecule has 0 heterocycles. The Morgan fingerprint density at radius 3 is 2.60 bits per heavy atom. The Morgan fingerprint density at radius 2 is 2.13 bits per heavy atom. The summed E-state index contributed by atoms with van der Waals surface area (Å²) in [5, 5.41) is 0.802. The van der Waals surface area contributed by atoms with Crippen molar-refractivity contribution in [1.82, 2.24) is 0 Å². The Morgan fingerprint density at radius 1 is 1.40 bits per heavy atom. The largest absolute Gasteiger partial charge is 0.330 e. The molecule has 82 valence electrons. The zero-order valence-electron chi connectivity index (χ0n) is 8.60. The summed E-state index contributed by atoms with van der Waals surface area (Å²) in [4.78, 5) is 0. The van der Waals surface area contributed by atoms with Crippen LogP contribution >= 0.6 is 27.5 Å². The van der Waals surface area contributed by atoms with Crippen LogP contribution in [-0.4, -0.2) is 6.54 Å². The van der Waals surface area contributed by atoms with Crippen LogP contribution in [0.4, 0.5) is 0 Å². The molecule has 0 unspecified atom stereocenters. The highest BCUT2D eigenvalue weighted by Gasteiger charge is 2.37. The van der Waals surface area contributed by atoms with Gasteiger partial charge < -0.3 is 5.73 Å². The van der Waals surface area contributed by atoms with Crippen molar-refractivity contribution in [2.24, 2.45) is 5.73 Å². The van der Waals surface area contributed by atoms with Gasteiger partial charge in [-0.05, 0) is 64.8 Å². The zero-order valence-corrected chi connectivity index (χ0v) is 10.9. The first kappa shape index (κ1) is 11.4. The molecule has 1 aromatic rings. The van der Waals surface area contributed by atoms with E-state index in [0.29, 0.717) is 5.41 Å². The average molecular weight is 289 g/mol. The molecule has 1 fully saturated rings. The molecular formula is C12H15BrClN. The van der Waals surface area contributed by atoms with Gasteiger partial charge in [0.2, 0.25) is 0 Å². The number of hydrogen-bond acceptors (Lipinski definition) is 1. The molecule has 15 heavy (non-hydrogen) atoms. The lowest BCUT2D eigenvalue weighted by atomic mass is 9.62. The first-order chi connectivity index (χ1) is 7.18. The second-order valence-electron chi connectivity index (χ2n) is 4.30. The molecule has 1 aliphatic carbocycles. The highest BCUT2D eigenvalue weighted by atomic mass is 79.9. The molecule has 1 aliphatic rings. The summed E-state index contributed by atoms with van der Waals surface area (Å²) in [6.45, 7) is 0.758. The van der Waals surface area contributed by atoms with Crippen molar-refractivity contribution < 1.29 is 0 Å². The smallest absolute Gasteiger partial charge is 0.0551 e. The van der Waals surface area contributed by atoms with Crippen LogP contribution in [0, 0.1) is 0 Å². The van der Waals surface area contributed by atoms with E-state index in [9.17, 15) is 0 Å². The molecule has 0 bridgehead atoms. The lowest BCUT2D eigenvalue weighted by Crippen LogP contribution is -2.36. The first-order valence-corrected chi connectivity index (χ1v) is 6.51. The maximum atomic E-state index is 6.12. The summed E-state index contributed by atoms with van der Waals surface area (Å²) >= 11 is 9.54. The number of nitrogens with two attached hydrogens (primary N) is 1. The minimum absolute atomic E-state index is 0.319. The third-order valence-corrected chi connectivity index (χ3v) is 4.70. The number of halogens is 2. The summed E-state index contributed by atoms with van der Waals surface area (Å²) in [7, 11) is 0. The van der Waals surface area contributed by atoms with Crippen molar-refractivity contribution in [3.63, 3.8) is 0 Å². The molecule has 0 spiro atoms. The minimum atomic E-state index is 0.319. The van der Waals surface area contributed by atoms with Crippen molar-refractivity contribution in [3.8, 4) is 0 Å². The Balaban J connectivity index is 2.30. The van der Waals surface area contributed by atoms with Gasteiger partial charge in [0.1, 0.15) is 0 Å². The first-order valence-electron chi connectivity index (χ1n) is 5.33. The molecule has 0 aliphatic heterocycles. The van der Waals surface area contributed by atoms with Crippen LogP contribution < -0.4 is 5.73 Å². The molecule has 1 nitrogen and oxygen atoms in total. The Hall–Kier alpha value is -0.0500. The molecule has 2 rings (SSSR count). The summed E-state index contributed by atoms with van der Waals surface area (Å²) < 4.78 is 0.968. The third kappa shape index (κ3) is 2.08. The Labute approximate surface area is 104 Å². The average Bonchev–Trinajstić information content (AvgIpc) is 2.16. The van der Waals surface area contributed by atoms with Gasteiger partial charge in [0.05, 0.1) is 5.02 Å². The van der Waals surface area contributed by atoms with E-state index in [0.717, 1.165) is 22.5 Å². The second kappa shape index (κ2) is 4.44. The van der Waals surface area contributed by atoms with E-state index < -0.39 is 0 Å². The van der Waals surface area contributed by atoms with Gasteiger partial charge in [0.25, 0.3) is 0 Å². The van der Waals surface area contributed by atoms with Crippen molar-refractivity contribution >= 4 is 27.5 Å². The van der Waals surface area contributed by atoms with E-state index in [2.05, 4.69) is 28.1 Å². The molecule has 0 saturated heterocycles. The van der Waals surface area contributed by atoms with Gasteiger partial charge in [0, 0.05) is 4.47 Å². The normalized spacial score (nSPS) is 18.6. The monoisotopic (exact) mass is 287 g/mol. The van der Waals surface area contributed by atoms with Crippen LogP contribution in [-0.2, 0) is 5.41 Å². The van der Waals surface area contributed by atoms with Crippen LogP contribution in [0.2, 0.25) is 5.02 Å². The van der Waals surface area contributed by atoms with E-state index in [1.54, 1.807) is 0 Å². The highest BCUT2D eigenvalue weighted by molar-refractivity contribution is 9.10. The van der Waals surface area contributed by atoms with Crippen LogP contribution in [0.1, 0.15) is 31.2 Å².